The average molecular weight is 502 g/mol. The van der Waals surface area contributed by atoms with E-state index in [2.05, 4.69) is 5.32 Å². The minimum absolute atomic E-state index is 0.0395. The zero-order valence-electron chi connectivity index (χ0n) is 22.0. The second kappa shape index (κ2) is 12.2. The van der Waals surface area contributed by atoms with Crippen molar-refractivity contribution in [2.24, 2.45) is 0 Å². The lowest BCUT2D eigenvalue weighted by molar-refractivity contribution is -0.140. The van der Waals surface area contributed by atoms with Crippen LogP contribution >= 0.6 is 0 Å². The Morgan fingerprint density at radius 3 is 2.00 bits per heavy atom. The Balaban J connectivity index is 2.19. The summed E-state index contributed by atoms with van der Waals surface area (Å²) in [7, 11) is -3.52. The van der Waals surface area contributed by atoms with Crippen LogP contribution in [0, 0.1) is 20.8 Å². The number of nitrogens with one attached hydrogen (secondary N) is 1. The third kappa shape index (κ3) is 8.69. The predicted molar refractivity (Wildman–Crippen MR) is 142 cm³/mol. The van der Waals surface area contributed by atoms with Gasteiger partial charge in [0.15, 0.2) is 0 Å². The molecular formula is C27H39N3O4S. The summed E-state index contributed by atoms with van der Waals surface area (Å²) in [4.78, 5) is 27.6. The molecule has 0 aromatic heterocycles. The number of sulfonamides is 1. The van der Waals surface area contributed by atoms with Crippen LogP contribution in [0.25, 0.3) is 0 Å². The van der Waals surface area contributed by atoms with Crippen molar-refractivity contribution in [3.8, 4) is 0 Å². The van der Waals surface area contributed by atoms with E-state index in [-0.39, 0.29) is 30.8 Å². The largest absolute Gasteiger partial charge is 0.352 e. The number of carbonyl (C=O) groups is 2. The van der Waals surface area contributed by atoms with Crippen LogP contribution < -0.4 is 9.62 Å². The predicted octanol–water partition coefficient (Wildman–Crippen LogP) is 4.10. The van der Waals surface area contributed by atoms with Gasteiger partial charge in [0.1, 0.15) is 6.04 Å². The van der Waals surface area contributed by atoms with E-state index in [1.165, 1.54) is 10.6 Å². The number of carbonyl (C=O) groups excluding carboxylic acids is 2. The van der Waals surface area contributed by atoms with Gasteiger partial charge in [-0.25, -0.2) is 8.42 Å². The van der Waals surface area contributed by atoms with Crippen LogP contribution in [0.4, 0.5) is 5.69 Å². The van der Waals surface area contributed by atoms with Crippen molar-refractivity contribution in [2.45, 2.75) is 73.0 Å². The molecule has 35 heavy (non-hydrogen) atoms. The molecule has 0 heterocycles. The first kappa shape index (κ1) is 28.4. The highest BCUT2D eigenvalue weighted by atomic mass is 32.2. The van der Waals surface area contributed by atoms with Gasteiger partial charge in [-0.2, -0.15) is 0 Å². The molecule has 0 saturated carbocycles. The Labute approximate surface area is 210 Å². The summed E-state index contributed by atoms with van der Waals surface area (Å²) in [6.45, 7) is 11.8. The minimum atomic E-state index is -3.52. The Hall–Kier alpha value is -2.87. The van der Waals surface area contributed by atoms with E-state index in [9.17, 15) is 18.0 Å². The van der Waals surface area contributed by atoms with Crippen LogP contribution in [-0.4, -0.2) is 50.0 Å². The topological polar surface area (TPSA) is 86.8 Å². The van der Waals surface area contributed by atoms with Crippen molar-refractivity contribution in [1.29, 1.82) is 0 Å². The molecule has 0 aliphatic rings. The standard InChI is InChI=1S/C27H39N3O4S/c1-19(2)28-27(32)23(6)29(18-24-12-10-20(3)11-13-24)26(31)9-8-14-30(35(7,33)34)25-16-21(4)15-22(5)17-25/h10-13,15-17,19,23H,8-9,14,18H2,1-7H3,(H,28,32)/t23-/m1/s1. The van der Waals surface area contributed by atoms with E-state index in [0.29, 0.717) is 18.7 Å². The zero-order valence-corrected chi connectivity index (χ0v) is 22.8. The van der Waals surface area contributed by atoms with Crippen LogP contribution in [0.3, 0.4) is 0 Å². The molecule has 2 amide bonds. The molecule has 0 bridgehead atoms. The van der Waals surface area contributed by atoms with Gasteiger partial charge in [-0.1, -0.05) is 35.9 Å². The van der Waals surface area contributed by atoms with E-state index in [0.717, 1.165) is 22.3 Å². The molecule has 0 fully saturated rings. The third-order valence-electron chi connectivity index (χ3n) is 5.72. The highest BCUT2D eigenvalue weighted by molar-refractivity contribution is 7.92. The van der Waals surface area contributed by atoms with E-state index >= 15 is 0 Å². The lowest BCUT2D eigenvalue weighted by Crippen LogP contribution is -2.49. The van der Waals surface area contributed by atoms with Crippen molar-refractivity contribution in [3.63, 3.8) is 0 Å². The second-order valence-corrected chi connectivity index (χ2v) is 11.5. The molecule has 0 saturated heterocycles. The molecule has 7 nitrogen and oxygen atoms in total. The van der Waals surface area contributed by atoms with Gasteiger partial charge in [0.2, 0.25) is 21.8 Å². The summed E-state index contributed by atoms with van der Waals surface area (Å²) >= 11 is 0. The van der Waals surface area contributed by atoms with Gasteiger partial charge in [0.05, 0.1) is 11.9 Å². The summed E-state index contributed by atoms with van der Waals surface area (Å²) in [5.41, 5.74) is 4.59. The quantitative estimate of drug-likeness (QED) is 0.502. The monoisotopic (exact) mass is 501 g/mol. The van der Waals surface area contributed by atoms with Gasteiger partial charge in [-0.05, 0) is 76.8 Å². The first-order valence-corrected chi connectivity index (χ1v) is 13.8. The summed E-state index contributed by atoms with van der Waals surface area (Å²) in [5.74, 6) is -0.403. The van der Waals surface area contributed by atoms with E-state index in [4.69, 9.17) is 0 Å². The maximum absolute atomic E-state index is 13.3. The van der Waals surface area contributed by atoms with Crippen molar-refractivity contribution < 1.29 is 18.0 Å². The smallest absolute Gasteiger partial charge is 0.242 e. The minimum Gasteiger partial charge on any atom is -0.352 e. The normalized spacial score (nSPS) is 12.3. The number of amides is 2. The van der Waals surface area contributed by atoms with Gasteiger partial charge < -0.3 is 10.2 Å². The molecule has 0 aliphatic carbocycles. The number of rotatable bonds is 11. The number of anilines is 1. The first-order chi connectivity index (χ1) is 16.3. The van der Waals surface area contributed by atoms with Crippen LogP contribution in [0.5, 0.6) is 0 Å². The summed E-state index contributed by atoms with van der Waals surface area (Å²) in [6, 6.07) is 12.8. The molecule has 192 valence electrons. The number of hydrogen-bond acceptors (Lipinski definition) is 4. The number of nitrogens with zero attached hydrogens (tertiary/aromatic N) is 2. The van der Waals surface area contributed by atoms with Crippen LogP contribution in [0.1, 0.15) is 55.9 Å². The molecule has 2 aromatic rings. The number of hydrogen-bond donors (Lipinski definition) is 1. The van der Waals surface area contributed by atoms with Gasteiger partial charge in [-0.15, -0.1) is 0 Å². The van der Waals surface area contributed by atoms with Gasteiger partial charge in [-0.3, -0.25) is 13.9 Å². The van der Waals surface area contributed by atoms with E-state index < -0.39 is 16.1 Å². The van der Waals surface area contributed by atoms with Crippen LogP contribution in [0.2, 0.25) is 0 Å². The fraction of sp³-hybridized carbons (Fsp3) is 0.481. The highest BCUT2D eigenvalue weighted by Gasteiger charge is 2.27. The SMILES string of the molecule is Cc1ccc(CN(C(=O)CCCN(c2cc(C)cc(C)c2)S(C)(=O)=O)[C@H](C)C(=O)NC(C)C)cc1. The molecule has 2 rings (SSSR count). The van der Waals surface area contributed by atoms with Crippen molar-refractivity contribution in [2.75, 3.05) is 17.1 Å². The number of aryl methyl sites for hydroxylation is 3. The molecule has 8 heteroatoms. The molecule has 2 aromatic carbocycles. The molecule has 0 aliphatic heterocycles. The maximum Gasteiger partial charge on any atom is 0.242 e. The second-order valence-electron chi connectivity index (χ2n) is 9.63. The Morgan fingerprint density at radius 2 is 1.49 bits per heavy atom. The molecule has 0 radical (unpaired) electrons. The molecule has 1 N–H and O–H groups in total. The first-order valence-electron chi connectivity index (χ1n) is 12.0. The fourth-order valence-corrected chi connectivity index (χ4v) is 4.93. The summed E-state index contributed by atoms with van der Waals surface area (Å²) < 4.78 is 26.4. The fourth-order valence-electron chi connectivity index (χ4n) is 3.98. The summed E-state index contributed by atoms with van der Waals surface area (Å²) in [5, 5.41) is 2.88. The third-order valence-corrected chi connectivity index (χ3v) is 6.91. The van der Waals surface area contributed by atoms with Crippen molar-refractivity contribution in [3.05, 3.63) is 64.7 Å². The molecular weight excluding hydrogens is 462 g/mol. The van der Waals surface area contributed by atoms with E-state index in [1.807, 2.05) is 77.1 Å². The zero-order chi connectivity index (χ0) is 26.3. The highest BCUT2D eigenvalue weighted by Crippen LogP contribution is 2.22. The Kier molecular flexibility index (Phi) is 9.89. The van der Waals surface area contributed by atoms with Gasteiger partial charge in [0, 0.05) is 25.6 Å². The van der Waals surface area contributed by atoms with Crippen LogP contribution in [0.15, 0.2) is 42.5 Å². The molecule has 0 unspecified atom stereocenters. The maximum atomic E-state index is 13.3. The van der Waals surface area contributed by atoms with E-state index in [1.54, 1.807) is 11.8 Å². The lowest BCUT2D eigenvalue weighted by Gasteiger charge is -2.30. The number of benzene rings is 2. The van der Waals surface area contributed by atoms with Gasteiger partial charge in [0.25, 0.3) is 0 Å². The Morgan fingerprint density at radius 1 is 0.914 bits per heavy atom. The lowest BCUT2D eigenvalue weighted by atomic mass is 10.1. The molecule has 0 spiro atoms. The van der Waals surface area contributed by atoms with Crippen molar-refractivity contribution >= 4 is 27.5 Å². The summed E-state index contributed by atoms with van der Waals surface area (Å²) in [6.07, 6.45) is 1.64. The van der Waals surface area contributed by atoms with Gasteiger partial charge >= 0.3 is 0 Å². The molecule has 1 atom stereocenters. The van der Waals surface area contributed by atoms with Crippen LogP contribution in [-0.2, 0) is 26.2 Å². The average Bonchev–Trinajstić information content (AvgIpc) is 2.73. The van der Waals surface area contributed by atoms with Crippen molar-refractivity contribution in [1.82, 2.24) is 10.2 Å². The Bertz CT molecular complexity index is 1110.